The summed E-state index contributed by atoms with van der Waals surface area (Å²) in [7, 11) is -2.96. The second kappa shape index (κ2) is 5.92. The van der Waals surface area contributed by atoms with Crippen molar-refractivity contribution in [3.05, 3.63) is 23.9 Å². The Hall–Kier alpha value is -1.21. The SMILES string of the molecule is CCS(=O)(=O)CCNc1cccc(C(N)=S)n1. The third-order valence-corrected chi connectivity index (χ3v) is 4.08. The van der Waals surface area contributed by atoms with Crippen LogP contribution in [-0.2, 0) is 9.84 Å². The molecule has 1 aromatic rings. The van der Waals surface area contributed by atoms with Gasteiger partial charge < -0.3 is 11.1 Å². The summed E-state index contributed by atoms with van der Waals surface area (Å²) in [6.07, 6.45) is 0. The van der Waals surface area contributed by atoms with E-state index in [1.165, 1.54) is 0 Å². The van der Waals surface area contributed by atoms with E-state index in [0.717, 1.165) is 0 Å². The zero-order valence-electron chi connectivity index (χ0n) is 9.51. The molecule has 1 rings (SSSR count). The maximum atomic E-state index is 11.3. The van der Waals surface area contributed by atoms with Gasteiger partial charge in [0.25, 0.3) is 0 Å². The molecule has 0 atom stereocenters. The first-order chi connectivity index (χ1) is 7.94. The molecular weight excluding hydrogens is 258 g/mol. The lowest BCUT2D eigenvalue weighted by Gasteiger charge is -2.06. The van der Waals surface area contributed by atoms with Crippen molar-refractivity contribution < 1.29 is 8.42 Å². The van der Waals surface area contributed by atoms with Gasteiger partial charge in [-0.25, -0.2) is 13.4 Å². The molecule has 3 N–H and O–H groups in total. The summed E-state index contributed by atoms with van der Waals surface area (Å²) in [6.45, 7) is 1.95. The number of thiocarbonyl (C=S) groups is 1. The first-order valence-corrected chi connectivity index (χ1v) is 7.38. The Morgan fingerprint density at radius 3 is 2.82 bits per heavy atom. The van der Waals surface area contributed by atoms with Crippen molar-refractivity contribution in [2.24, 2.45) is 5.73 Å². The van der Waals surface area contributed by atoms with Crippen molar-refractivity contribution >= 4 is 32.9 Å². The molecule has 0 aliphatic heterocycles. The Balaban J connectivity index is 2.58. The van der Waals surface area contributed by atoms with Crippen LogP contribution in [0, 0.1) is 0 Å². The van der Waals surface area contributed by atoms with E-state index >= 15 is 0 Å². The van der Waals surface area contributed by atoms with Crippen molar-refractivity contribution in [2.75, 3.05) is 23.4 Å². The minimum Gasteiger partial charge on any atom is -0.388 e. The maximum Gasteiger partial charge on any atom is 0.151 e. The molecule has 0 fully saturated rings. The molecule has 0 aliphatic carbocycles. The van der Waals surface area contributed by atoms with Gasteiger partial charge in [-0.3, -0.25) is 0 Å². The van der Waals surface area contributed by atoms with Crippen molar-refractivity contribution in [1.29, 1.82) is 0 Å². The molecule has 0 saturated heterocycles. The van der Waals surface area contributed by atoms with E-state index in [1.807, 2.05) is 0 Å². The lowest BCUT2D eigenvalue weighted by Crippen LogP contribution is -2.18. The van der Waals surface area contributed by atoms with E-state index in [0.29, 0.717) is 18.1 Å². The van der Waals surface area contributed by atoms with Gasteiger partial charge in [0.1, 0.15) is 10.8 Å². The van der Waals surface area contributed by atoms with Gasteiger partial charge in [0, 0.05) is 12.3 Å². The Morgan fingerprint density at radius 1 is 1.53 bits per heavy atom. The van der Waals surface area contributed by atoms with E-state index < -0.39 is 9.84 Å². The molecule has 0 bridgehead atoms. The van der Waals surface area contributed by atoms with Gasteiger partial charge in [-0.15, -0.1) is 0 Å². The van der Waals surface area contributed by atoms with E-state index in [2.05, 4.69) is 10.3 Å². The molecule has 0 unspecified atom stereocenters. The van der Waals surface area contributed by atoms with Crippen LogP contribution in [0.25, 0.3) is 0 Å². The fraction of sp³-hybridized carbons (Fsp3) is 0.400. The van der Waals surface area contributed by atoms with Crippen LogP contribution >= 0.6 is 12.2 Å². The van der Waals surface area contributed by atoms with E-state index in [-0.39, 0.29) is 16.5 Å². The number of nitrogens with one attached hydrogen (secondary N) is 1. The van der Waals surface area contributed by atoms with Gasteiger partial charge in [0.15, 0.2) is 9.84 Å². The number of nitrogens with zero attached hydrogens (tertiary/aromatic N) is 1. The number of sulfone groups is 1. The van der Waals surface area contributed by atoms with Crippen molar-refractivity contribution in [2.45, 2.75) is 6.92 Å². The Bertz CT molecular complexity index is 500. The number of nitrogens with two attached hydrogens (primary N) is 1. The molecule has 0 radical (unpaired) electrons. The molecule has 0 amide bonds. The third-order valence-electron chi connectivity index (χ3n) is 2.16. The predicted octanol–water partition coefficient (Wildman–Crippen LogP) is 0.562. The first-order valence-electron chi connectivity index (χ1n) is 5.16. The first kappa shape index (κ1) is 13.9. The molecule has 1 aromatic heterocycles. The average Bonchev–Trinajstić information content (AvgIpc) is 2.29. The molecular formula is C10H15N3O2S2. The minimum absolute atomic E-state index is 0.0858. The average molecular weight is 273 g/mol. The Kier molecular flexibility index (Phi) is 4.83. The van der Waals surface area contributed by atoms with Gasteiger partial charge in [-0.1, -0.05) is 25.2 Å². The number of rotatable bonds is 6. The number of hydrogen-bond acceptors (Lipinski definition) is 5. The smallest absolute Gasteiger partial charge is 0.151 e. The second-order valence-corrected chi connectivity index (χ2v) is 6.35. The standard InChI is InChI=1S/C10H15N3O2S2/c1-2-17(14,15)7-6-12-9-5-3-4-8(13-9)10(11)16/h3-5H,2,6-7H2,1H3,(H2,11,16)(H,12,13). The van der Waals surface area contributed by atoms with Gasteiger partial charge in [-0.2, -0.15) is 0 Å². The van der Waals surface area contributed by atoms with Crippen LogP contribution in [0.4, 0.5) is 5.82 Å². The van der Waals surface area contributed by atoms with Crippen LogP contribution in [0.3, 0.4) is 0 Å². The third kappa shape index (κ3) is 4.66. The number of aromatic nitrogens is 1. The maximum absolute atomic E-state index is 11.3. The van der Waals surface area contributed by atoms with Gasteiger partial charge in [-0.05, 0) is 12.1 Å². The molecule has 1 heterocycles. The number of anilines is 1. The molecule has 7 heteroatoms. The van der Waals surface area contributed by atoms with Gasteiger partial charge in [0.05, 0.1) is 11.4 Å². The zero-order valence-corrected chi connectivity index (χ0v) is 11.1. The summed E-state index contributed by atoms with van der Waals surface area (Å²) in [5.41, 5.74) is 5.96. The molecule has 0 aromatic carbocycles. The van der Waals surface area contributed by atoms with Crippen LogP contribution in [-0.4, -0.2) is 36.4 Å². The summed E-state index contributed by atoms with van der Waals surface area (Å²) in [5.74, 6) is 0.805. The van der Waals surface area contributed by atoms with E-state index in [9.17, 15) is 8.42 Å². The second-order valence-electron chi connectivity index (χ2n) is 3.44. The monoisotopic (exact) mass is 273 g/mol. The fourth-order valence-corrected chi connectivity index (χ4v) is 1.96. The quantitative estimate of drug-likeness (QED) is 0.737. The van der Waals surface area contributed by atoms with Crippen LogP contribution < -0.4 is 11.1 Å². The summed E-state index contributed by atoms with van der Waals surface area (Å²) in [5, 5.41) is 2.92. The summed E-state index contributed by atoms with van der Waals surface area (Å²) in [6, 6.07) is 5.20. The van der Waals surface area contributed by atoms with Crippen LogP contribution in [0.15, 0.2) is 18.2 Å². The highest BCUT2D eigenvalue weighted by atomic mass is 32.2. The van der Waals surface area contributed by atoms with Crippen molar-refractivity contribution in [3.8, 4) is 0 Å². The lowest BCUT2D eigenvalue weighted by atomic mass is 10.3. The number of pyridine rings is 1. The lowest BCUT2D eigenvalue weighted by molar-refractivity contribution is 0.597. The van der Waals surface area contributed by atoms with Gasteiger partial charge >= 0.3 is 0 Å². The van der Waals surface area contributed by atoms with Crippen molar-refractivity contribution in [1.82, 2.24) is 4.98 Å². The van der Waals surface area contributed by atoms with Crippen LogP contribution in [0.2, 0.25) is 0 Å². The van der Waals surface area contributed by atoms with Crippen LogP contribution in [0.5, 0.6) is 0 Å². The number of hydrogen-bond donors (Lipinski definition) is 2. The highest BCUT2D eigenvalue weighted by molar-refractivity contribution is 7.91. The topological polar surface area (TPSA) is 85.1 Å². The Labute approximate surface area is 106 Å². The highest BCUT2D eigenvalue weighted by Gasteiger charge is 2.06. The van der Waals surface area contributed by atoms with Gasteiger partial charge in [0.2, 0.25) is 0 Å². The summed E-state index contributed by atoms with van der Waals surface area (Å²) in [4.78, 5) is 4.36. The molecule has 17 heavy (non-hydrogen) atoms. The highest BCUT2D eigenvalue weighted by Crippen LogP contribution is 2.04. The summed E-state index contributed by atoms with van der Waals surface area (Å²) < 4.78 is 22.5. The molecule has 94 valence electrons. The zero-order chi connectivity index (χ0) is 12.9. The normalized spacial score (nSPS) is 11.1. The predicted molar refractivity (Wildman–Crippen MR) is 72.9 cm³/mol. The molecule has 0 aliphatic rings. The fourth-order valence-electron chi connectivity index (χ4n) is 1.15. The van der Waals surface area contributed by atoms with Crippen molar-refractivity contribution in [3.63, 3.8) is 0 Å². The largest absolute Gasteiger partial charge is 0.388 e. The van der Waals surface area contributed by atoms with E-state index in [4.69, 9.17) is 18.0 Å². The molecule has 0 spiro atoms. The Morgan fingerprint density at radius 2 is 2.24 bits per heavy atom. The summed E-state index contributed by atoms with van der Waals surface area (Å²) >= 11 is 4.80. The van der Waals surface area contributed by atoms with E-state index in [1.54, 1.807) is 25.1 Å². The molecule has 0 saturated carbocycles. The minimum atomic E-state index is -2.96. The van der Waals surface area contributed by atoms with Crippen LogP contribution in [0.1, 0.15) is 12.6 Å². The molecule has 5 nitrogen and oxygen atoms in total.